The maximum Gasteiger partial charge on any atom is 0.255 e. The van der Waals surface area contributed by atoms with Gasteiger partial charge in [-0.3, -0.25) is 9.48 Å². The Labute approximate surface area is 237 Å². The Hall–Kier alpha value is -4.41. The van der Waals surface area contributed by atoms with Crippen LogP contribution in [0, 0.1) is 11.3 Å². The van der Waals surface area contributed by atoms with Gasteiger partial charge in [0.15, 0.2) is 10.1 Å². The van der Waals surface area contributed by atoms with Gasteiger partial charge >= 0.3 is 0 Å². The summed E-state index contributed by atoms with van der Waals surface area (Å²) < 4.78 is 30.4. The molecule has 0 spiro atoms. The molecule has 1 aliphatic heterocycles. The SMILES string of the molecule is Cn1ccc(S(=O)(=O)c2cc(-c3cccc(C#N)c3O)c3c(N4CCC(N)CC4)c(C(=O)NC(C)(C)C)cnn23)n1. The Morgan fingerprint density at radius 1 is 1.20 bits per heavy atom. The summed E-state index contributed by atoms with van der Waals surface area (Å²) in [4.78, 5) is 15.6. The van der Waals surface area contributed by atoms with E-state index in [1.54, 1.807) is 19.2 Å². The number of benzene rings is 1. The molecule has 0 saturated carbocycles. The van der Waals surface area contributed by atoms with E-state index < -0.39 is 15.4 Å². The number of sulfone groups is 1. The topological polar surface area (TPSA) is 172 Å². The number of carbonyl (C=O) groups excluding carboxylic acids is 1. The van der Waals surface area contributed by atoms with Crippen LogP contribution in [0.15, 0.2) is 52.8 Å². The van der Waals surface area contributed by atoms with Gasteiger partial charge in [0.2, 0.25) is 9.84 Å². The molecule has 0 aliphatic carbocycles. The first-order valence-corrected chi connectivity index (χ1v) is 14.6. The average Bonchev–Trinajstić information content (AvgIpc) is 3.53. The molecular formula is C28H32N8O4S. The number of aryl methyl sites for hydroxylation is 1. The fraction of sp³-hybridized carbons (Fsp3) is 0.357. The quantitative estimate of drug-likeness (QED) is 0.323. The van der Waals surface area contributed by atoms with E-state index in [9.17, 15) is 23.6 Å². The monoisotopic (exact) mass is 576 g/mol. The molecule has 0 radical (unpaired) electrons. The van der Waals surface area contributed by atoms with E-state index in [0.717, 1.165) is 0 Å². The van der Waals surface area contributed by atoms with Crippen molar-refractivity contribution in [2.24, 2.45) is 12.8 Å². The number of phenols is 1. The Bertz CT molecular complexity index is 1800. The van der Waals surface area contributed by atoms with Crippen LogP contribution in [0.25, 0.3) is 16.6 Å². The predicted octanol–water partition coefficient (Wildman–Crippen LogP) is 2.60. The number of hydrogen-bond acceptors (Lipinski definition) is 9. The Balaban J connectivity index is 1.89. The number of fused-ring (bicyclic) bond motifs is 1. The molecule has 4 heterocycles. The summed E-state index contributed by atoms with van der Waals surface area (Å²) in [5, 5.41) is 31.8. The fourth-order valence-corrected chi connectivity index (χ4v) is 6.36. The smallest absolute Gasteiger partial charge is 0.255 e. The van der Waals surface area contributed by atoms with Crippen molar-refractivity contribution in [2.75, 3.05) is 18.0 Å². The fourth-order valence-electron chi connectivity index (χ4n) is 5.03. The third-order valence-corrected chi connectivity index (χ3v) is 8.61. The highest BCUT2D eigenvalue weighted by atomic mass is 32.2. The molecule has 1 aliphatic rings. The average molecular weight is 577 g/mol. The van der Waals surface area contributed by atoms with Gasteiger partial charge in [0, 0.05) is 49.0 Å². The second kappa shape index (κ2) is 10.2. The second-order valence-electron chi connectivity index (χ2n) is 11.2. The zero-order valence-corrected chi connectivity index (χ0v) is 24.1. The maximum absolute atomic E-state index is 13.9. The van der Waals surface area contributed by atoms with Crippen molar-refractivity contribution in [3.63, 3.8) is 0 Å². The highest BCUT2D eigenvalue weighted by Gasteiger charge is 2.33. The molecule has 0 atom stereocenters. The number of piperidine rings is 1. The van der Waals surface area contributed by atoms with Crippen LogP contribution in [-0.2, 0) is 16.9 Å². The maximum atomic E-state index is 13.9. The van der Waals surface area contributed by atoms with Gasteiger partial charge in [0.05, 0.1) is 28.5 Å². The standard InChI is InChI=1S/C28H32N8O4S/c1-28(2,3)32-27(38)21-16-31-36-23(41(39,40)22-10-11-34(4)33-22)14-20(19-7-5-6-17(15-29)26(19)37)25(36)24(21)35-12-8-18(30)9-13-35/h5-7,10-11,14,16,18,37H,8-9,12-13,30H2,1-4H3,(H,32,38). The lowest BCUT2D eigenvalue weighted by molar-refractivity contribution is 0.0919. The summed E-state index contributed by atoms with van der Waals surface area (Å²) >= 11 is 0. The van der Waals surface area contributed by atoms with Crippen molar-refractivity contribution in [1.29, 1.82) is 5.26 Å². The van der Waals surface area contributed by atoms with Crippen LogP contribution < -0.4 is 16.0 Å². The van der Waals surface area contributed by atoms with Crippen molar-refractivity contribution in [1.82, 2.24) is 24.7 Å². The van der Waals surface area contributed by atoms with E-state index in [4.69, 9.17) is 5.73 Å². The number of nitrogens with two attached hydrogens (primary N) is 1. The van der Waals surface area contributed by atoms with Crippen LogP contribution in [0.2, 0.25) is 0 Å². The molecule has 1 amide bonds. The number of aromatic hydroxyl groups is 1. The van der Waals surface area contributed by atoms with E-state index >= 15 is 0 Å². The highest BCUT2D eigenvalue weighted by Crippen LogP contribution is 2.43. The minimum atomic E-state index is -4.20. The van der Waals surface area contributed by atoms with Crippen LogP contribution in [0.3, 0.4) is 0 Å². The number of nitrogens with one attached hydrogen (secondary N) is 1. The third kappa shape index (κ3) is 5.12. The summed E-state index contributed by atoms with van der Waals surface area (Å²) in [6.45, 7) is 6.63. The molecule has 4 N–H and O–H groups in total. The van der Waals surface area contributed by atoms with Gasteiger partial charge in [-0.05, 0) is 51.8 Å². The number of phenolic OH excluding ortho intramolecular Hbond substituents is 1. The largest absolute Gasteiger partial charge is 0.506 e. The van der Waals surface area contributed by atoms with E-state index in [-0.39, 0.29) is 44.4 Å². The van der Waals surface area contributed by atoms with Gasteiger partial charge < -0.3 is 21.1 Å². The predicted molar refractivity (Wildman–Crippen MR) is 152 cm³/mol. The van der Waals surface area contributed by atoms with Crippen LogP contribution in [0.1, 0.15) is 49.5 Å². The summed E-state index contributed by atoms with van der Waals surface area (Å²) in [6.07, 6.45) is 4.22. The summed E-state index contributed by atoms with van der Waals surface area (Å²) in [6, 6.07) is 9.43. The lowest BCUT2D eigenvalue weighted by Crippen LogP contribution is -2.43. The Morgan fingerprint density at radius 3 is 2.51 bits per heavy atom. The molecule has 41 heavy (non-hydrogen) atoms. The minimum absolute atomic E-state index is 0.00124. The van der Waals surface area contributed by atoms with Crippen LogP contribution >= 0.6 is 0 Å². The number of hydrogen-bond donors (Lipinski definition) is 3. The number of nitriles is 1. The number of aromatic nitrogens is 4. The number of rotatable bonds is 5. The normalized spacial score (nSPS) is 14.8. The van der Waals surface area contributed by atoms with Crippen molar-refractivity contribution in [3.8, 4) is 22.9 Å². The van der Waals surface area contributed by atoms with Gasteiger partial charge in [-0.25, -0.2) is 12.9 Å². The van der Waals surface area contributed by atoms with Crippen molar-refractivity contribution < 1.29 is 18.3 Å². The van der Waals surface area contributed by atoms with Crippen LogP contribution in [-0.4, -0.2) is 63.5 Å². The second-order valence-corrected chi connectivity index (χ2v) is 13.1. The molecule has 214 valence electrons. The van der Waals surface area contributed by atoms with E-state index in [1.165, 1.54) is 39.8 Å². The molecule has 0 bridgehead atoms. The van der Waals surface area contributed by atoms with E-state index in [1.807, 2.05) is 31.7 Å². The molecule has 1 saturated heterocycles. The van der Waals surface area contributed by atoms with Gasteiger partial charge in [-0.1, -0.05) is 12.1 Å². The molecule has 12 nitrogen and oxygen atoms in total. The zero-order valence-electron chi connectivity index (χ0n) is 23.3. The molecular weight excluding hydrogens is 544 g/mol. The summed E-state index contributed by atoms with van der Waals surface area (Å²) in [5.74, 6) is -0.686. The number of nitrogens with zero attached hydrogens (tertiary/aromatic N) is 6. The lowest BCUT2D eigenvalue weighted by atomic mass is 9.99. The third-order valence-electron chi connectivity index (χ3n) is 7.00. The summed E-state index contributed by atoms with van der Waals surface area (Å²) in [7, 11) is -2.58. The first kappa shape index (κ1) is 28.1. The summed E-state index contributed by atoms with van der Waals surface area (Å²) in [5.41, 5.74) is 7.22. The molecule has 0 unspecified atom stereocenters. The van der Waals surface area contributed by atoms with Gasteiger partial charge in [0.1, 0.15) is 11.8 Å². The van der Waals surface area contributed by atoms with Crippen molar-refractivity contribution in [2.45, 2.75) is 55.2 Å². The van der Waals surface area contributed by atoms with Crippen LogP contribution in [0.4, 0.5) is 5.69 Å². The minimum Gasteiger partial charge on any atom is -0.506 e. The Morgan fingerprint density at radius 2 is 1.90 bits per heavy atom. The zero-order chi connectivity index (χ0) is 29.7. The molecule has 3 aromatic heterocycles. The molecule has 5 rings (SSSR count). The number of para-hydroxylation sites is 1. The van der Waals surface area contributed by atoms with E-state index in [2.05, 4.69) is 15.5 Å². The Kier molecular flexibility index (Phi) is 7.00. The van der Waals surface area contributed by atoms with E-state index in [0.29, 0.717) is 42.7 Å². The number of anilines is 1. The molecule has 1 aromatic carbocycles. The van der Waals surface area contributed by atoms with Gasteiger partial charge in [0.25, 0.3) is 5.91 Å². The van der Waals surface area contributed by atoms with Crippen LogP contribution in [0.5, 0.6) is 5.75 Å². The molecule has 13 heteroatoms. The lowest BCUT2D eigenvalue weighted by Gasteiger charge is -2.34. The van der Waals surface area contributed by atoms with Crippen molar-refractivity contribution >= 4 is 26.9 Å². The molecule has 1 fully saturated rings. The number of carbonyl (C=O) groups is 1. The molecule has 4 aromatic rings. The van der Waals surface area contributed by atoms with Gasteiger partial charge in [-0.2, -0.15) is 15.5 Å². The highest BCUT2D eigenvalue weighted by molar-refractivity contribution is 7.91. The number of amides is 1. The first-order chi connectivity index (χ1) is 19.3. The van der Waals surface area contributed by atoms with Crippen molar-refractivity contribution in [3.05, 3.63) is 53.9 Å². The first-order valence-electron chi connectivity index (χ1n) is 13.2. The van der Waals surface area contributed by atoms with Gasteiger partial charge in [-0.15, -0.1) is 0 Å².